The van der Waals surface area contributed by atoms with E-state index in [9.17, 15) is 8.42 Å². The smallest absolute Gasteiger partial charge is 0.244 e. The van der Waals surface area contributed by atoms with Crippen molar-refractivity contribution in [3.8, 4) is 5.75 Å². The Morgan fingerprint density at radius 1 is 1.45 bits per heavy atom. The highest BCUT2D eigenvalue weighted by molar-refractivity contribution is 9.10. The van der Waals surface area contributed by atoms with Crippen LogP contribution in [0.25, 0.3) is 0 Å². The Morgan fingerprint density at radius 2 is 2.15 bits per heavy atom. The van der Waals surface area contributed by atoms with Crippen molar-refractivity contribution in [2.75, 3.05) is 20.2 Å². The van der Waals surface area contributed by atoms with Crippen molar-refractivity contribution in [2.45, 2.75) is 23.8 Å². The summed E-state index contributed by atoms with van der Waals surface area (Å²) in [5.41, 5.74) is 5.85. The van der Waals surface area contributed by atoms with Gasteiger partial charge in [0.25, 0.3) is 0 Å². The number of piperidine rings is 1. The van der Waals surface area contributed by atoms with Gasteiger partial charge >= 0.3 is 0 Å². The van der Waals surface area contributed by atoms with Crippen LogP contribution in [0.15, 0.2) is 27.6 Å². The van der Waals surface area contributed by atoms with E-state index in [0.717, 1.165) is 12.8 Å². The minimum atomic E-state index is -3.50. The molecule has 0 radical (unpaired) electrons. The first-order valence-corrected chi connectivity index (χ1v) is 8.27. The summed E-state index contributed by atoms with van der Waals surface area (Å²) >= 11 is 3.29. The highest BCUT2D eigenvalue weighted by atomic mass is 79.9. The number of hydrogen-bond donors (Lipinski definition) is 1. The minimum absolute atomic E-state index is 0. The van der Waals surface area contributed by atoms with Crippen LogP contribution in [0.2, 0.25) is 0 Å². The van der Waals surface area contributed by atoms with E-state index in [4.69, 9.17) is 10.5 Å². The van der Waals surface area contributed by atoms with Crippen LogP contribution in [-0.2, 0) is 10.0 Å². The summed E-state index contributed by atoms with van der Waals surface area (Å²) in [6.07, 6.45) is 1.67. The summed E-state index contributed by atoms with van der Waals surface area (Å²) in [5.74, 6) is 0.612. The lowest BCUT2D eigenvalue weighted by molar-refractivity contribution is 0.316. The van der Waals surface area contributed by atoms with Gasteiger partial charge in [0.2, 0.25) is 10.0 Å². The fourth-order valence-electron chi connectivity index (χ4n) is 2.15. The lowest BCUT2D eigenvalue weighted by Gasteiger charge is -2.30. The third-order valence-corrected chi connectivity index (χ3v) is 6.02. The van der Waals surface area contributed by atoms with Crippen molar-refractivity contribution in [1.29, 1.82) is 0 Å². The van der Waals surface area contributed by atoms with E-state index in [1.54, 1.807) is 25.3 Å². The number of rotatable bonds is 3. The summed E-state index contributed by atoms with van der Waals surface area (Å²) in [5, 5.41) is 0. The number of hydrogen-bond acceptors (Lipinski definition) is 4. The van der Waals surface area contributed by atoms with Crippen molar-refractivity contribution in [3.63, 3.8) is 0 Å². The van der Waals surface area contributed by atoms with Gasteiger partial charge < -0.3 is 10.5 Å². The van der Waals surface area contributed by atoms with Gasteiger partial charge in [-0.2, -0.15) is 4.31 Å². The molecule has 114 valence electrons. The van der Waals surface area contributed by atoms with Crippen LogP contribution in [0.5, 0.6) is 5.75 Å². The molecule has 1 heterocycles. The second-order valence-corrected chi connectivity index (χ2v) is 7.32. The average molecular weight is 386 g/mol. The Kier molecular flexibility index (Phi) is 6.27. The van der Waals surface area contributed by atoms with Gasteiger partial charge in [-0.05, 0) is 47.0 Å². The van der Waals surface area contributed by atoms with Crippen LogP contribution in [0.3, 0.4) is 0 Å². The Hall–Kier alpha value is -0.340. The van der Waals surface area contributed by atoms with Crippen LogP contribution < -0.4 is 10.5 Å². The zero-order chi connectivity index (χ0) is 14.0. The summed E-state index contributed by atoms with van der Waals surface area (Å²) in [7, 11) is -1.96. The van der Waals surface area contributed by atoms with Crippen LogP contribution in [0, 0.1) is 0 Å². The molecule has 1 fully saturated rings. The van der Waals surface area contributed by atoms with Crippen molar-refractivity contribution in [2.24, 2.45) is 5.73 Å². The fourth-order valence-corrected chi connectivity index (χ4v) is 4.70. The summed E-state index contributed by atoms with van der Waals surface area (Å²) < 4.78 is 32.1. The standard InChI is InChI=1S/C12H17BrN2O3S.ClH/c1-18-10-4-5-12(11(13)7-10)19(16,17)15-6-2-3-9(14)8-15;/h4-5,7,9H,2-3,6,8,14H2,1H3;1H. The van der Waals surface area contributed by atoms with E-state index in [1.165, 1.54) is 4.31 Å². The largest absolute Gasteiger partial charge is 0.497 e. The van der Waals surface area contributed by atoms with E-state index >= 15 is 0 Å². The summed E-state index contributed by atoms with van der Waals surface area (Å²) in [6.45, 7) is 0.898. The quantitative estimate of drug-likeness (QED) is 0.863. The van der Waals surface area contributed by atoms with Crippen molar-refractivity contribution in [1.82, 2.24) is 4.31 Å². The predicted molar refractivity (Wildman–Crippen MR) is 83.9 cm³/mol. The Morgan fingerprint density at radius 3 is 2.70 bits per heavy atom. The number of ether oxygens (including phenoxy) is 1. The number of nitrogens with two attached hydrogens (primary N) is 1. The van der Waals surface area contributed by atoms with E-state index < -0.39 is 10.0 Å². The zero-order valence-corrected chi connectivity index (χ0v) is 14.3. The molecular weight excluding hydrogens is 368 g/mol. The molecule has 1 unspecified atom stereocenters. The maximum atomic E-state index is 12.6. The lowest BCUT2D eigenvalue weighted by atomic mass is 10.1. The van der Waals surface area contributed by atoms with Gasteiger partial charge in [0.05, 0.1) is 12.0 Å². The molecule has 0 spiro atoms. The van der Waals surface area contributed by atoms with Gasteiger partial charge in [-0.1, -0.05) is 0 Å². The first-order valence-electron chi connectivity index (χ1n) is 6.04. The van der Waals surface area contributed by atoms with Crippen molar-refractivity contribution < 1.29 is 13.2 Å². The normalized spacial score (nSPS) is 20.2. The zero-order valence-electron chi connectivity index (χ0n) is 11.1. The molecule has 8 heteroatoms. The summed E-state index contributed by atoms with van der Waals surface area (Å²) in [4.78, 5) is 0.252. The molecular formula is C12H18BrClN2O3S. The molecule has 2 N–H and O–H groups in total. The SMILES string of the molecule is COc1ccc(S(=O)(=O)N2CCCC(N)C2)c(Br)c1.Cl. The molecule has 5 nitrogen and oxygen atoms in total. The third-order valence-electron chi connectivity index (χ3n) is 3.18. The van der Waals surface area contributed by atoms with Crippen molar-refractivity contribution >= 4 is 38.4 Å². The first-order chi connectivity index (χ1) is 8.95. The molecule has 1 atom stereocenters. The monoisotopic (exact) mass is 384 g/mol. The molecule has 1 aliphatic rings. The van der Waals surface area contributed by atoms with Gasteiger partial charge in [-0.25, -0.2) is 8.42 Å². The third kappa shape index (κ3) is 3.65. The molecule has 2 rings (SSSR count). The van der Waals surface area contributed by atoms with E-state index in [0.29, 0.717) is 23.3 Å². The van der Waals surface area contributed by atoms with Crippen molar-refractivity contribution in [3.05, 3.63) is 22.7 Å². The lowest BCUT2D eigenvalue weighted by Crippen LogP contribution is -2.45. The molecule has 1 aromatic carbocycles. The predicted octanol–water partition coefficient (Wildman–Crippen LogP) is 1.99. The molecule has 20 heavy (non-hydrogen) atoms. The topological polar surface area (TPSA) is 72.6 Å². The molecule has 0 aromatic heterocycles. The minimum Gasteiger partial charge on any atom is -0.497 e. The molecule has 1 aromatic rings. The number of halogens is 2. The van der Waals surface area contributed by atoms with Crippen LogP contribution in [0.1, 0.15) is 12.8 Å². The van der Waals surface area contributed by atoms with E-state index in [1.807, 2.05) is 0 Å². The molecule has 0 amide bonds. The summed E-state index contributed by atoms with van der Waals surface area (Å²) in [6, 6.07) is 4.76. The van der Waals surface area contributed by atoms with Crippen LogP contribution in [-0.4, -0.2) is 39.0 Å². The second-order valence-electron chi connectivity index (χ2n) is 4.56. The van der Waals surface area contributed by atoms with Crippen LogP contribution >= 0.6 is 28.3 Å². The number of benzene rings is 1. The second kappa shape index (κ2) is 7.09. The van der Waals surface area contributed by atoms with Gasteiger partial charge in [0.1, 0.15) is 5.75 Å². The fraction of sp³-hybridized carbons (Fsp3) is 0.500. The number of sulfonamides is 1. The molecule has 0 saturated carbocycles. The Bertz CT molecular complexity index is 568. The van der Waals surface area contributed by atoms with Gasteiger partial charge in [-0.15, -0.1) is 12.4 Å². The maximum absolute atomic E-state index is 12.6. The van der Waals surface area contributed by atoms with Crippen LogP contribution in [0.4, 0.5) is 0 Å². The average Bonchev–Trinajstić information content (AvgIpc) is 2.38. The Labute approximate surface area is 134 Å². The first kappa shape index (κ1) is 17.7. The van der Waals surface area contributed by atoms with Gasteiger partial charge in [-0.3, -0.25) is 0 Å². The van der Waals surface area contributed by atoms with E-state index in [2.05, 4.69) is 15.9 Å². The molecule has 0 bridgehead atoms. The van der Waals surface area contributed by atoms with E-state index in [-0.39, 0.29) is 23.3 Å². The van der Waals surface area contributed by atoms with Gasteiger partial charge in [0.15, 0.2) is 0 Å². The Balaban J connectivity index is 0.00000200. The number of methoxy groups -OCH3 is 1. The highest BCUT2D eigenvalue weighted by Crippen LogP contribution is 2.30. The molecule has 1 aliphatic heterocycles. The molecule has 1 saturated heterocycles. The maximum Gasteiger partial charge on any atom is 0.244 e. The van der Waals surface area contributed by atoms with Gasteiger partial charge in [0, 0.05) is 23.6 Å². The number of nitrogens with zero attached hydrogens (tertiary/aromatic N) is 1. The highest BCUT2D eigenvalue weighted by Gasteiger charge is 2.30. The molecule has 0 aliphatic carbocycles.